The van der Waals surface area contributed by atoms with Crippen LogP contribution in [-0.2, 0) is 9.53 Å². The molecule has 126 valence electrons. The molecule has 0 heterocycles. The van der Waals surface area contributed by atoms with Crippen molar-refractivity contribution in [2.45, 2.75) is 32.3 Å². The van der Waals surface area contributed by atoms with Gasteiger partial charge in [0.1, 0.15) is 11.5 Å². The van der Waals surface area contributed by atoms with Crippen LogP contribution in [0.25, 0.3) is 0 Å². The maximum atomic E-state index is 13.0. The average Bonchev–Trinajstić information content (AvgIpc) is 2.46. The number of Topliss-reactive ketones (excluding diaryl/α,β-unsaturated/α-hetero) is 1. The van der Waals surface area contributed by atoms with E-state index >= 15 is 0 Å². The number of carbonyl (C=O) groups is 2. The van der Waals surface area contributed by atoms with E-state index in [4.69, 9.17) is 27.9 Å². The Balaban J connectivity index is 2.50. The second-order valence-electron chi connectivity index (χ2n) is 6.34. The highest BCUT2D eigenvalue weighted by Gasteiger charge is 2.35. The second-order valence-corrected chi connectivity index (χ2v) is 7.15. The van der Waals surface area contributed by atoms with Gasteiger partial charge in [0, 0.05) is 0 Å². The first-order valence-corrected chi connectivity index (χ1v) is 8.22. The first kappa shape index (κ1) is 18.5. The molecule has 0 aliphatic rings. The van der Waals surface area contributed by atoms with Crippen molar-refractivity contribution in [3.63, 3.8) is 0 Å². The lowest BCUT2D eigenvalue weighted by Gasteiger charge is -2.24. The van der Waals surface area contributed by atoms with Crippen LogP contribution in [0.3, 0.4) is 0 Å². The van der Waals surface area contributed by atoms with Gasteiger partial charge in [0.2, 0.25) is 0 Å². The molecule has 0 saturated carbocycles. The van der Waals surface area contributed by atoms with Crippen LogP contribution in [0.15, 0.2) is 48.5 Å². The molecule has 0 aliphatic heterocycles. The predicted octanol–water partition coefficient (Wildman–Crippen LogP) is 5.30. The van der Waals surface area contributed by atoms with E-state index in [0.717, 1.165) is 0 Å². The molecule has 5 heteroatoms. The summed E-state index contributed by atoms with van der Waals surface area (Å²) >= 11 is 12.3. The third kappa shape index (κ3) is 4.37. The third-order valence-electron chi connectivity index (χ3n) is 3.25. The fourth-order valence-electron chi connectivity index (χ4n) is 2.28. The van der Waals surface area contributed by atoms with Gasteiger partial charge in [-0.3, -0.25) is 9.59 Å². The van der Waals surface area contributed by atoms with Crippen molar-refractivity contribution in [2.75, 3.05) is 0 Å². The lowest BCUT2D eigenvalue weighted by molar-refractivity contribution is -0.155. The van der Waals surface area contributed by atoms with E-state index in [1.807, 2.05) is 6.07 Å². The molecular formula is C19H18Cl2O3. The Hall–Kier alpha value is -1.84. The first-order valence-electron chi connectivity index (χ1n) is 7.47. The lowest BCUT2D eigenvalue weighted by atomic mass is 9.90. The summed E-state index contributed by atoms with van der Waals surface area (Å²) in [5.74, 6) is -2.23. The summed E-state index contributed by atoms with van der Waals surface area (Å²) in [6, 6.07) is 13.5. The van der Waals surface area contributed by atoms with Gasteiger partial charge in [-0.25, -0.2) is 0 Å². The minimum Gasteiger partial charge on any atom is -0.459 e. The Kier molecular flexibility index (Phi) is 5.68. The van der Waals surface area contributed by atoms with Gasteiger partial charge < -0.3 is 4.74 Å². The molecule has 0 amide bonds. The van der Waals surface area contributed by atoms with E-state index in [-0.39, 0.29) is 15.6 Å². The molecular weight excluding hydrogens is 347 g/mol. The number of ether oxygens (including phenoxy) is 1. The zero-order chi connectivity index (χ0) is 17.9. The van der Waals surface area contributed by atoms with Crippen LogP contribution in [0, 0.1) is 0 Å². The van der Waals surface area contributed by atoms with Crippen LogP contribution in [0.2, 0.25) is 10.0 Å². The van der Waals surface area contributed by atoms with Crippen LogP contribution >= 0.6 is 23.2 Å². The summed E-state index contributed by atoms with van der Waals surface area (Å²) < 4.78 is 5.43. The van der Waals surface area contributed by atoms with Crippen molar-refractivity contribution < 1.29 is 14.3 Å². The molecule has 2 aromatic carbocycles. The van der Waals surface area contributed by atoms with E-state index in [2.05, 4.69) is 0 Å². The Morgan fingerprint density at radius 1 is 0.917 bits per heavy atom. The SMILES string of the molecule is CC(C)(C)OC(=O)C(C(=O)c1c(Cl)cccc1Cl)c1ccccc1. The van der Waals surface area contributed by atoms with Crippen molar-refractivity contribution in [1.82, 2.24) is 0 Å². The molecule has 1 atom stereocenters. The molecule has 2 aromatic rings. The van der Waals surface area contributed by atoms with Crippen molar-refractivity contribution >= 4 is 35.0 Å². The number of ketones is 1. The van der Waals surface area contributed by atoms with Crippen LogP contribution in [-0.4, -0.2) is 17.4 Å². The highest BCUT2D eigenvalue weighted by molar-refractivity contribution is 6.40. The molecule has 0 fully saturated rings. The van der Waals surface area contributed by atoms with E-state index < -0.39 is 23.3 Å². The molecule has 0 saturated heterocycles. The van der Waals surface area contributed by atoms with Gasteiger partial charge in [0.25, 0.3) is 0 Å². The Morgan fingerprint density at radius 2 is 1.46 bits per heavy atom. The molecule has 0 spiro atoms. The monoisotopic (exact) mass is 364 g/mol. The van der Waals surface area contributed by atoms with E-state index in [1.165, 1.54) is 0 Å². The fraction of sp³-hybridized carbons (Fsp3) is 0.263. The summed E-state index contributed by atoms with van der Waals surface area (Å²) in [6.45, 7) is 5.25. The van der Waals surface area contributed by atoms with Gasteiger partial charge in [-0.05, 0) is 38.5 Å². The highest BCUT2D eigenvalue weighted by Crippen LogP contribution is 2.32. The predicted molar refractivity (Wildman–Crippen MR) is 95.8 cm³/mol. The zero-order valence-corrected chi connectivity index (χ0v) is 15.2. The topological polar surface area (TPSA) is 43.4 Å². The van der Waals surface area contributed by atoms with Crippen molar-refractivity contribution in [1.29, 1.82) is 0 Å². The molecule has 24 heavy (non-hydrogen) atoms. The number of hydrogen-bond donors (Lipinski definition) is 0. The summed E-state index contributed by atoms with van der Waals surface area (Å²) in [5.41, 5.74) is -0.0532. The molecule has 0 radical (unpaired) electrons. The number of benzene rings is 2. The standard InChI is InChI=1S/C19H18Cl2O3/c1-19(2,3)24-18(23)15(12-8-5-4-6-9-12)17(22)16-13(20)10-7-11-14(16)21/h4-11,15H,1-3H3. The summed E-state index contributed by atoms with van der Waals surface area (Å²) in [5, 5.41) is 0.411. The van der Waals surface area contributed by atoms with Crippen LogP contribution in [0.5, 0.6) is 0 Å². The molecule has 0 aliphatic carbocycles. The van der Waals surface area contributed by atoms with Crippen molar-refractivity contribution in [2.24, 2.45) is 0 Å². The molecule has 3 nitrogen and oxygen atoms in total. The van der Waals surface area contributed by atoms with E-state index in [0.29, 0.717) is 5.56 Å². The summed E-state index contributed by atoms with van der Waals surface area (Å²) in [7, 11) is 0. The van der Waals surface area contributed by atoms with Gasteiger partial charge in [0.05, 0.1) is 15.6 Å². The zero-order valence-electron chi connectivity index (χ0n) is 13.7. The van der Waals surface area contributed by atoms with Crippen molar-refractivity contribution in [3.8, 4) is 0 Å². The van der Waals surface area contributed by atoms with Gasteiger partial charge in [-0.2, -0.15) is 0 Å². The number of rotatable bonds is 4. The quantitative estimate of drug-likeness (QED) is 0.419. The first-order chi connectivity index (χ1) is 11.2. The van der Waals surface area contributed by atoms with Gasteiger partial charge in [-0.1, -0.05) is 59.6 Å². The van der Waals surface area contributed by atoms with E-state index in [9.17, 15) is 9.59 Å². The highest BCUT2D eigenvalue weighted by atomic mass is 35.5. The maximum Gasteiger partial charge on any atom is 0.321 e. The second kappa shape index (κ2) is 7.37. The van der Waals surface area contributed by atoms with Gasteiger partial charge >= 0.3 is 5.97 Å². The Bertz CT molecular complexity index is 729. The molecule has 0 N–H and O–H groups in total. The lowest BCUT2D eigenvalue weighted by Crippen LogP contribution is -2.31. The average molecular weight is 365 g/mol. The molecule has 2 rings (SSSR count). The normalized spacial score (nSPS) is 12.5. The number of halogens is 2. The van der Waals surface area contributed by atoms with E-state index in [1.54, 1.807) is 63.2 Å². The summed E-state index contributed by atoms with van der Waals surface area (Å²) in [4.78, 5) is 25.7. The largest absolute Gasteiger partial charge is 0.459 e. The van der Waals surface area contributed by atoms with Crippen LogP contribution in [0.1, 0.15) is 42.6 Å². The maximum absolute atomic E-state index is 13.0. The number of esters is 1. The minimum absolute atomic E-state index is 0.126. The molecule has 1 unspecified atom stereocenters. The number of carbonyl (C=O) groups excluding carboxylic acids is 2. The van der Waals surface area contributed by atoms with Crippen molar-refractivity contribution in [3.05, 3.63) is 69.7 Å². The fourth-order valence-corrected chi connectivity index (χ4v) is 2.86. The summed E-state index contributed by atoms with van der Waals surface area (Å²) in [6.07, 6.45) is 0. The minimum atomic E-state index is -1.12. The third-order valence-corrected chi connectivity index (χ3v) is 3.88. The van der Waals surface area contributed by atoms with Crippen LogP contribution in [0.4, 0.5) is 0 Å². The van der Waals surface area contributed by atoms with Crippen LogP contribution < -0.4 is 0 Å². The van der Waals surface area contributed by atoms with Gasteiger partial charge in [-0.15, -0.1) is 0 Å². The molecule has 0 bridgehead atoms. The smallest absolute Gasteiger partial charge is 0.321 e. The Morgan fingerprint density at radius 3 is 1.96 bits per heavy atom. The number of hydrogen-bond acceptors (Lipinski definition) is 3. The molecule has 0 aromatic heterocycles. The Labute approximate surface area is 151 Å². The van der Waals surface area contributed by atoms with Gasteiger partial charge in [0.15, 0.2) is 5.78 Å².